The molecule has 4 rings (SSSR count). The zero-order valence-electron chi connectivity index (χ0n) is 18.6. The summed E-state index contributed by atoms with van der Waals surface area (Å²) in [6.45, 7) is 8.52. The molecule has 2 aliphatic heterocycles. The third-order valence-electron chi connectivity index (χ3n) is 6.48. The molecule has 0 radical (unpaired) electrons. The van der Waals surface area contributed by atoms with Gasteiger partial charge in [-0.05, 0) is 94.4 Å². The Morgan fingerprint density at radius 2 is 1.58 bits per heavy atom. The lowest BCUT2D eigenvalue weighted by atomic mass is 9.88. The lowest BCUT2D eigenvalue weighted by Gasteiger charge is -2.33. The van der Waals surface area contributed by atoms with Crippen LogP contribution in [0.25, 0.3) is 0 Å². The van der Waals surface area contributed by atoms with Crippen molar-refractivity contribution >= 4 is 11.8 Å². The molecule has 2 amide bonds. The summed E-state index contributed by atoms with van der Waals surface area (Å²) in [5.41, 5.74) is 3.66. The van der Waals surface area contributed by atoms with Crippen LogP contribution >= 0.6 is 0 Å². The van der Waals surface area contributed by atoms with E-state index in [1.165, 1.54) is 16.0 Å². The van der Waals surface area contributed by atoms with Crippen LogP contribution in [0.3, 0.4) is 0 Å². The zero-order valence-corrected chi connectivity index (χ0v) is 18.6. The molecule has 1 fully saturated rings. The van der Waals surface area contributed by atoms with Gasteiger partial charge < -0.3 is 9.64 Å². The number of nitrogens with zero attached hydrogens (tertiary/aromatic N) is 2. The Balaban J connectivity index is 1.22. The van der Waals surface area contributed by atoms with E-state index in [1.807, 2.05) is 19.1 Å². The Bertz CT molecular complexity index is 912. The Morgan fingerprint density at radius 3 is 2.23 bits per heavy atom. The highest BCUT2D eigenvalue weighted by Crippen LogP contribution is 2.35. The SMILES string of the molecule is CCOc1cc(C)ccc1C1CCN(CCCCN2C(=O)c3ccccc3C2=O)CC1. The van der Waals surface area contributed by atoms with Crippen molar-refractivity contribution in [1.29, 1.82) is 0 Å². The second kappa shape index (κ2) is 9.65. The smallest absolute Gasteiger partial charge is 0.261 e. The van der Waals surface area contributed by atoms with Gasteiger partial charge >= 0.3 is 0 Å². The van der Waals surface area contributed by atoms with Gasteiger partial charge in [-0.3, -0.25) is 14.5 Å². The molecule has 5 nitrogen and oxygen atoms in total. The molecular formula is C26H32N2O3. The first kappa shape index (κ1) is 21.6. The minimum Gasteiger partial charge on any atom is -0.494 e. The third kappa shape index (κ3) is 4.67. The van der Waals surface area contributed by atoms with Crippen molar-refractivity contribution in [3.63, 3.8) is 0 Å². The monoisotopic (exact) mass is 420 g/mol. The minimum atomic E-state index is -0.149. The topological polar surface area (TPSA) is 49.9 Å². The predicted octanol–water partition coefficient (Wildman–Crippen LogP) is 4.65. The summed E-state index contributed by atoms with van der Waals surface area (Å²) in [5, 5.41) is 0. The molecule has 5 heteroatoms. The van der Waals surface area contributed by atoms with E-state index in [0.29, 0.717) is 30.2 Å². The zero-order chi connectivity index (χ0) is 21.8. The summed E-state index contributed by atoms with van der Waals surface area (Å²) in [4.78, 5) is 28.8. The van der Waals surface area contributed by atoms with Gasteiger partial charge in [0.1, 0.15) is 5.75 Å². The van der Waals surface area contributed by atoms with Gasteiger partial charge in [-0.15, -0.1) is 0 Å². The highest BCUT2D eigenvalue weighted by Gasteiger charge is 2.34. The number of amides is 2. The summed E-state index contributed by atoms with van der Waals surface area (Å²) in [6.07, 6.45) is 4.12. The third-order valence-corrected chi connectivity index (χ3v) is 6.48. The van der Waals surface area contributed by atoms with Gasteiger partial charge in [0.25, 0.3) is 11.8 Å². The number of unbranched alkanes of at least 4 members (excludes halogenated alkanes) is 1. The molecule has 0 bridgehead atoms. The number of hydrogen-bond donors (Lipinski definition) is 0. The summed E-state index contributed by atoms with van der Waals surface area (Å²) in [5.74, 6) is 1.30. The van der Waals surface area contributed by atoms with E-state index in [0.717, 1.165) is 51.1 Å². The van der Waals surface area contributed by atoms with Gasteiger partial charge in [-0.2, -0.15) is 0 Å². The number of carbonyl (C=O) groups excluding carboxylic acids is 2. The van der Waals surface area contributed by atoms with Crippen molar-refractivity contribution in [2.24, 2.45) is 0 Å². The fourth-order valence-electron chi connectivity index (χ4n) is 4.77. The van der Waals surface area contributed by atoms with E-state index in [4.69, 9.17) is 4.74 Å². The average molecular weight is 421 g/mol. The molecule has 0 aliphatic carbocycles. The van der Waals surface area contributed by atoms with Gasteiger partial charge in [0.2, 0.25) is 0 Å². The van der Waals surface area contributed by atoms with Gasteiger partial charge in [-0.1, -0.05) is 24.3 Å². The normalized spacial score (nSPS) is 17.3. The van der Waals surface area contributed by atoms with Crippen LogP contribution in [0.1, 0.15) is 70.4 Å². The average Bonchev–Trinajstić information content (AvgIpc) is 3.02. The fraction of sp³-hybridized carbons (Fsp3) is 0.462. The number of aryl methyl sites for hydroxylation is 1. The number of rotatable bonds is 8. The summed E-state index contributed by atoms with van der Waals surface area (Å²) in [6, 6.07) is 13.7. The van der Waals surface area contributed by atoms with E-state index in [-0.39, 0.29) is 11.8 Å². The minimum absolute atomic E-state index is 0.149. The van der Waals surface area contributed by atoms with Crippen LogP contribution in [0, 0.1) is 6.92 Å². The van der Waals surface area contributed by atoms with Crippen LogP contribution in [0.15, 0.2) is 42.5 Å². The first-order chi connectivity index (χ1) is 15.1. The molecule has 1 saturated heterocycles. The first-order valence-electron chi connectivity index (χ1n) is 11.5. The van der Waals surface area contributed by atoms with Crippen LogP contribution in [0.5, 0.6) is 5.75 Å². The van der Waals surface area contributed by atoms with Crippen LogP contribution in [-0.4, -0.2) is 54.4 Å². The van der Waals surface area contributed by atoms with Gasteiger partial charge in [-0.25, -0.2) is 0 Å². The highest BCUT2D eigenvalue weighted by molar-refractivity contribution is 6.21. The fourth-order valence-corrected chi connectivity index (χ4v) is 4.77. The maximum Gasteiger partial charge on any atom is 0.261 e. The summed E-state index contributed by atoms with van der Waals surface area (Å²) < 4.78 is 5.89. The number of benzene rings is 2. The maximum absolute atomic E-state index is 12.5. The number of piperidine rings is 1. The lowest BCUT2D eigenvalue weighted by Crippen LogP contribution is -2.35. The Labute approximate surface area is 185 Å². The molecule has 0 N–H and O–H groups in total. The summed E-state index contributed by atoms with van der Waals surface area (Å²) in [7, 11) is 0. The molecule has 164 valence electrons. The van der Waals surface area contributed by atoms with Crippen molar-refractivity contribution in [2.75, 3.05) is 32.8 Å². The second-order valence-corrected chi connectivity index (χ2v) is 8.60. The predicted molar refractivity (Wildman–Crippen MR) is 122 cm³/mol. The molecule has 2 aromatic carbocycles. The summed E-state index contributed by atoms with van der Waals surface area (Å²) >= 11 is 0. The van der Waals surface area contributed by atoms with Crippen molar-refractivity contribution in [3.05, 3.63) is 64.7 Å². The maximum atomic E-state index is 12.5. The molecule has 2 heterocycles. The van der Waals surface area contributed by atoms with E-state index in [2.05, 4.69) is 30.0 Å². The number of likely N-dealkylation sites (tertiary alicyclic amines) is 1. The van der Waals surface area contributed by atoms with E-state index < -0.39 is 0 Å². The molecule has 0 spiro atoms. The van der Waals surface area contributed by atoms with Crippen LogP contribution in [0.4, 0.5) is 0 Å². The molecule has 0 atom stereocenters. The van der Waals surface area contributed by atoms with E-state index >= 15 is 0 Å². The first-order valence-corrected chi connectivity index (χ1v) is 11.5. The van der Waals surface area contributed by atoms with Crippen LogP contribution in [0.2, 0.25) is 0 Å². The quantitative estimate of drug-likeness (QED) is 0.461. The van der Waals surface area contributed by atoms with E-state index in [1.54, 1.807) is 12.1 Å². The molecule has 2 aromatic rings. The second-order valence-electron chi connectivity index (χ2n) is 8.60. The Hall–Kier alpha value is -2.66. The molecule has 0 unspecified atom stereocenters. The van der Waals surface area contributed by atoms with Gasteiger partial charge in [0.05, 0.1) is 17.7 Å². The molecule has 0 aromatic heterocycles. The van der Waals surface area contributed by atoms with Crippen LogP contribution < -0.4 is 4.74 Å². The number of ether oxygens (including phenoxy) is 1. The molecule has 0 saturated carbocycles. The lowest BCUT2D eigenvalue weighted by molar-refractivity contribution is 0.0649. The largest absolute Gasteiger partial charge is 0.494 e. The molecular weight excluding hydrogens is 388 g/mol. The molecule has 2 aliphatic rings. The van der Waals surface area contributed by atoms with Crippen molar-refractivity contribution in [3.8, 4) is 5.75 Å². The highest BCUT2D eigenvalue weighted by atomic mass is 16.5. The van der Waals surface area contributed by atoms with Crippen molar-refractivity contribution in [1.82, 2.24) is 9.80 Å². The van der Waals surface area contributed by atoms with Gasteiger partial charge in [0.15, 0.2) is 0 Å². The van der Waals surface area contributed by atoms with Gasteiger partial charge in [0, 0.05) is 6.54 Å². The Kier molecular flexibility index (Phi) is 6.71. The standard InChI is InChI=1S/C26H32N2O3/c1-3-31-24-18-19(2)10-11-21(24)20-12-16-27(17-13-20)14-6-7-15-28-25(29)22-8-4-5-9-23(22)26(28)30/h4-5,8-11,18,20H,3,6-7,12-17H2,1-2H3. The number of imide groups is 1. The molecule has 31 heavy (non-hydrogen) atoms. The van der Waals surface area contributed by atoms with Crippen molar-refractivity contribution in [2.45, 2.75) is 45.4 Å². The Morgan fingerprint density at radius 1 is 0.935 bits per heavy atom. The van der Waals surface area contributed by atoms with Crippen LogP contribution in [-0.2, 0) is 0 Å². The van der Waals surface area contributed by atoms with E-state index in [9.17, 15) is 9.59 Å². The number of hydrogen-bond acceptors (Lipinski definition) is 4. The number of carbonyl (C=O) groups is 2. The number of fused-ring (bicyclic) bond motifs is 1. The van der Waals surface area contributed by atoms with Crippen molar-refractivity contribution < 1.29 is 14.3 Å².